The van der Waals surface area contributed by atoms with E-state index in [1.807, 2.05) is 0 Å². The Morgan fingerprint density at radius 1 is 1.18 bits per heavy atom. The molecule has 0 saturated carbocycles. The van der Waals surface area contributed by atoms with Crippen LogP contribution in [0, 0.1) is 5.82 Å². The summed E-state index contributed by atoms with van der Waals surface area (Å²) in [6.07, 6.45) is 3.73. The van der Waals surface area contributed by atoms with Gasteiger partial charge in [0.2, 0.25) is 0 Å². The minimum absolute atomic E-state index is 0.156. The Bertz CT molecular complexity index is 335. The number of hydrogen-bond donors (Lipinski definition) is 2. The fourth-order valence-corrected chi connectivity index (χ4v) is 2.07. The second kappa shape index (κ2) is 6.72. The van der Waals surface area contributed by atoms with Crippen molar-refractivity contribution >= 4 is 0 Å². The van der Waals surface area contributed by atoms with Crippen LogP contribution in [0.25, 0.3) is 0 Å². The molecular weight excluding hydrogens is 219 g/mol. The lowest BCUT2D eigenvalue weighted by Crippen LogP contribution is -2.35. The molecule has 0 unspecified atom stereocenters. The second-order valence-corrected chi connectivity index (χ2v) is 4.56. The lowest BCUT2D eigenvalue weighted by molar-refractivity contribution is 0.107. The normalized spacial score (nSPS) is 11.8. The smallest absolute Gasteiger partial charge is 0.123 e. The van der Waals surface area contributed by atoms with Gasteiger partial charge in [0.15, 0.2) is 0 Å². The molecule has 0 aromatic heterocycles. The van der Waals surface area contributed by atoms with E-state index in [0.717, 1.165) is 19.3 Å². The zero-order valence-corrected chi connectivity index (χ0v) is 10.3. The fraction of sp³-hybridized carbons (Fsp3) is 0.571. The highest BCUT2D eigenvalue weighted by Crippen LogP contribution is 2.30. The first-order valence-corrected chi connectivity index (χ1v) is 6.16. The summed E-state index contributed by atoms with van der Waals surface area (Å²) in [5, 5.41) is 19.1. The van der Waals surface area contributed by atoms with Crippen LogP contribution in [-0.4, -0.2) is 23.4 Å². The molecule has 0 bridgehead atoms. The average Bonchev–Trinajstić information content (AvgIpc) is 2.35. The zero-order valence-electron chi connectivity index (χ0n) is 10.3. The summed E-state index contributed by atoms with van der Waals surface area (Å²) in [7, 11) is 0. The van der Waals surface area contributed by atoms with E-state index < -0.39 is 5.41 Å². The summed E-state index contributed by atoms with van der Waals surface area (Å²) in [5.41, 5.74) is -0.0318. The number of rotatable bonds is 7. The van der Waals surface area contributed by atoms with Crippen LogP contribution in [0.3, 0.4) is 0 Å². The first-order chi connectivity index (χ1) is 8.18. The number of hydrogen-bond acceptors (Lipinski definition) is 2. The van der Waals surface area contributed by atoms with Crippen molar-refractivity contribution in [3.8, 4) is 0 Å². The molecular formula is C14H21FO2. The number of aliphatic hydroxyl groups is 2. The van der Waals surface area contributed by atoms with Gasteiger partial charge in [-0.2, -0.15) is 0 Å². The van der Waals surface area contributed by atoms with Crippen LogP contribution in [0.5, 0.6) is 0 Å². The van der Waals surface area contributed by atoms with Crippen molar-refractivity contribution in [2.24, 2.45) is 0 Å². The van der Waals surface area contributed by atoms with Crippen molar-refractivity contribution < 1.29 is 14.6 Å². The van der Waals surface area contributed by atoms with E-state index in [2.05, 4.69) is 6.92 Å². The van der Waals surface area contributed by atoms with Crippen molar-refractivity contribution in [1.29, 1.82) is 0 Å². The van der Waals surface area contributed by atoms with Crippen LogP contribution in [0.1, 0.15) is 38.2 Å². The van der Waals surface area contributed by atoms with Gasteiger partial charge in [0.25, 0.3) is 0 Å². The quantitative estimate of drug-likeness (QED) is 0.719. The molecule has 3 heteroatoms. The summed E-state index contributed by atoms with van der Waals surface area (Å²) in [6, 6.07) is 6.15. The van der Waals surface area contributed by atoms with Crippen molar-refractivity contribution in [3.63, 3.8) is 0 Å². The molecule has 0 aliphatic heterocycles. The van der Waals surface area contributed by atoms with Gasteiger partial charge < -0.3 is 10.2 Å². The zero-order chi connectivity index (χ0) is 12.7. The van der Waals surface area contributed by atoms with Crippen LogP contribution in [0.15, 0.2) is 24.3 Å². The lowest BCUT2D eigenvalue weighted by Gasteiger charge is -2.30. The van der Waals surface area contributed by atoms with Crippen LogP contribution < -0.4 is 0 Å². The van der Waals surface area contributed by atoms with Gasteiger partial charge in [-0.1, -0.05) is 38.3 Å². The van der Waals surface area contributed by atoms with Gasteiger partial charge >= 0.3 is 0 Å². The predicted octanol–water partition coefficient (Wildman–Crippen LogP) is 2.63. The third-order valence-electron chi connectivity index (χ3n) is 3.30. The maximum Gasteiger partial charge on any atom is 0.123 e. The fourth-order valence-electron chi connectivity index (χ4n) is 2.07. The Morgan fingerprint density at radius 2 is 1.88 bits per heavy atom. The van der Waals surface area contributed by atoms with E-state index in [0.29, 0.717) is 12.0 Å². The molecule has 0 amide bonds. The number of aliphatic hydroxyl groups excluding tert-OH is 2. The topological polar surface area (TPSA) is 40.5 Å². The molecule has 0 saturated heterocycles. The van der Waals surface area contributed by atoms with E-state index in [9.17, 15) is 14.6 Å². The summed E-state index contributed by atoms with van der Waals surface area (Å²) in [4.78, 5) is 0. The molecule has 0 radical (unpaired) electrons. The Balaban J connectivity index is 2.89. The molecule has 0 spiro atoms. The SMILES string of the molecule is CCCCCC(CO)(CO)c1cccc(F)c1. The Hall–Kier alpha value is -0.930. The predicted molar refractivity (Wildman–Crippen MR) is 66.4 cm³/mol. The second-order valence-electron chi connectivity index (χ2n) is 4.56. The number of unbranched alkanes of at least 4 members (excludes halogenated alkanes) is 2. The summed E-state index contributed by atoms with van der Waals surface area (Å²) >= 11 is 0. The van der Waals surface area contributed by atoms with Gasteiger partial charge in [-0.05, 0) is 24.1 Å². The van der Waals surface area contributed by atoms with Crippen molar-refractivity contribution in [1.82, 2.24) is 0 Å². The minimum Gasteiger partial charge on any atom is -0.395 e. The van der Waals surface area contributed by atoms with Crippen molar-refractivity contribution in [3.05, 3.63) is 35.6 Å². The van der Waals surface area contributed by atoms with E-state index in [4.69, 9.17) is 0 Å². The summed E-state index contributed by atoms with van der Waals surface area (Å²) in [6.45, 7) is 1.79. The third-order valence-corrected chi connectivity index (χ3v) is 3.30. The van der Waals surface area contributed by atoms with E-state index in [1.54, 1.807) is 12.1 Å². The molecule has 1 aromatic carbocycles. The van der Waals surface area contributed by atoms with E-state index in [-0.39, 0.29) is 19.0 Å². The van der Waals surface area contributed by atoms with Crippen molar-refractivity contribution in [2.75, 3.05) is 13.2 Å². The van der Waals surface area contributed by atoms with Gasteiger partial charge in [-0.25, -0.2) is 4.39 Å². The first kappa shape index (κ1) is 14.1. The standard InChI is InChI=1S/C14H21FO2/c1-2-3-4-8-14(10-16,11-17)12-6-5-7-13(15)9-12/h5-7,9,16-17H,2-4,8,10-11H2,1H3. The molecule has 0 aliphatic carbocycles. The Morgan fingerprint density at radius 3 is 2.41 bits per heavy atom. The largest absolute Gasteiger partial charge is 0.395 e. The maximum absolute atomic E-state index is 13.2. The van der Waals surface area contributed by atoms with Gasteiger partial charge in [-0.3, -0.25) is 0 Å². The average molecular weight is 240 g/mol. The molecule has 0 fully saturated rings. The molecule has 0 heterocycles. The molecule has 2 N–H and O–H groups in total. The molecule has 96 valence electrons. The van der Waals surface area contributed by atoms with Gasteiger partial charge in [0.1, 0.15) is 5.82 Å². The van der Waals surface area contributed by atoms with Crippen LogP contribution in [0.4, 0.5) is 4.39 Å². The minimum atomic E-state index is -0.711. The molecule has 17 heavy (non-hydrogen) atoms. The number of benzene rings is 1. The highest BCUT2D eigenvalue weighted by molar-refractivity contribution is 5.26. The van der Waals surface area contributed by atoms with Crippen LogP contribution in [0.2, 0.25) is 0 Å². The highest BCUT2D eigenvalue weighted by atomic mass is 19.1. The lowest BCUT2D eigenvalue weighted by atomic mass is 9.77. The Labute approximate surface area is 102 Å². The van der Waals surface area contributed by atoms with Crippen LogP contribution in [-0.2, 0) is 5.41 Å². The highest BCUT2D eigenvalue weighted by Gasteiger charge is 2.30. The third kappa shape index (κ3) is 3.51. The monoisotopic (exact) mass is 240 g/mol. The van der Waals surface area contributed by atoms with Gasteiger partial charge in [0, 0.05) is 5.41 Å². The van der Waals surface area contributed by atoms with E-state index >= 15 is 0 Å². The molecule has 1 aromatic rings. The summed E-state index contributed by atoms with van der Waals surface area (Å²) in [5.74, 6) is -0.329. The maximum atomic E-state index is 13.2. The number of halogens is 1. The van der Waals surface area contributed by atoms with Crippen molar-refractivity contribution in [2.45, 2.75) is 38.0 Å². The molecule has 0 atom stereocenters. The van der Waals surface area contributed by atoms with Crippen LogP contribution >= 0.6 is 0 Å². The summed E-state index contributed by atoms with van der Waals surface area (Å²) < 4.78 is 13.2. The van der Waals surface area contributed by atoms with Gasteiger partial charge in [0.05, 0.1) is 13.2 Å². The van der Waals surface area contributed by atoms with Gasteiger partial charge in [-0.15, -0.1) is 0 Å². The first-order valence-electron chi connectivity index (χ1n) is 6.16. The van der Waals surface area contributed by atoms with E-state index in [1.165, 1.54) is 12.1 Å². The molecule has 1 rings (SSSR count). The molecule has 0 aliphatic rings. The Kier molecular flexibility index (Phi) is 5.59. The molecule has 2 nitrogen and oxygen atoms in total.